The highest BCUT2D eigenvalue weighted by atomic mass is 127. The van der Waals surface area contributed by atoms with Crippen LogP contribution in [-0.4, -0.2) is 78.6 Å². The van der Waals surface area contributed by atoms with Gasteiger partial charge in [0.25, 0.3) is 0 Å². The minimum absolute atomic E-state index is 0.0453. The first-order valence-corrected chi connectivity index (χ1v) is 17.0. The summed E-state index contributed by atoms with van der Waals surface area (Å²) in [6.45, 7) is 3.01. The number of hydrogen-bond acceptors (Lipinski definition) is 9. The maximum absolute atomic E-state index is 17.0. The summed E-state index contributed by atoms with van der Waals surface area (Å²) in [5, 5.41) is 4.95. The van der Waals surface area contributed by atoms with Crippen molar-refractivity contribution in [3.8, 4) is 22.9 Å². The molecule has 44 heavy (non-hydrogen) atoms. The van der Waals surface area contributed by atoms with Crippen LogP contribution >= 0.6 is 33.9 Å². The Morgan fingerprint density at radius 3 is 3.00 bits per heavy atom. The van der Waals surface area contributed by atoms with Gasteiger partial charge in [-0.1, -0.05) is 6.07 Å². The third-order valence-corrected chi connectivity index (χ3v) is 11.8. The van der Waals surface area contributed by atoms with E-state index < -0.39 is 23.3 Å². The molecule has 2 aromatic carbocycles. The number of aromatic nitrogens is 2. The lowest BCUT2D eigenvalue weighted by atomic mass is 9.95. The molecule has 3 fully saturated rings. The Kier molecular flexibility index (Phi) is 7.03. The van der Waals surface area contributed by atoms with Crippen LogP contribution in [0.5, 0.6) is 11.8 Å². The molecule has 0 saturated carbocycles. The molecular formula is C31H32F3IN6O2S. The Labute approximate surface area is 270 Å². The smallest absolute Gasteiger partial charge is 0.319 e. The van der Waals surface area contributed by atoms with Crippen molar-refractivity contribution in [2.75, 3.05) is 50.5 Å². The van der Waals surface area contributed by atoms with Crippen LogP contribution in [0.15, 0.2) is 18.2 Å². The lowest BCUT2D eigenvalue weighted by Gasteiger charge is -2.32. The molecular weight excluding hydrogens is 704 g/mol. The summed E-state index contributed by atoms with van der Waals surface area (Å²) >= 11 is 3.27. The Hall–Kier alpha value is -2.62. The number of fused-ring (bicyclic) bond motifs is 3. The molecule has 0 aliphatic carbocycles. The van der Waals surface area contributed by atoms with Gasteiger partial charge in [0, 0.05) is 37.5 Å². The number of thiophene rings is 1. The van der Waals surface area contributed by atoms with Crippen LogP contribution in [0.4, 0.5) is 24.0 Å². The van der Waals surface area contributed by atoms with Crippen molar-refractivity contribution in [3.63, 3.8) is 0 Å². The number of nitrogens with one attached hydrogen (secondary N) is 1. The highest BCUT2D eigenvalue weighted by molar-refractivity contribution is 14.1. The number of rotatable bonds is 4. The molecule has 3 saturated heterocycles. The molecule has 0 radical (unpaired) electrons. The number of nitrogens with zero attached hydrogens (tertiary/aromatic N) is 4. The highest BCUT2D eigenvalue weighted by Crippen LogP contribution is 2.49. The number of anilines is 2. The van der Waals surface area contributed by atoms with Crippen molar-refractivity contribution in [1.82, 2.24) is 20.2 Å². The monoisotopic (exact) mass is 736 g/mol. The van der Waals surface area contributed by atoms with E-state index in [0.29, 0.717) is 60.7 Å². The van der Waals surface area contributed by atoms with E-state index in [-0.39, 0.29) is 35.8 Å². The third kappa shape index (κ3) is 4.43. The van der Waals surface area contributed by atoms with E-state index in [1.54, 1.807) is 12.1 Å². The van der Waals surface area contributed by atoms with Gasteiger partial charge in [-0.2, -0.15) is 9.97 Å². The maximum Gasteiger partial charge on any atom is 0.319 e. The first kappa shape index (κ1) is 28.8. The molecule has 4 aliphatic rings. The summed E-state index contributed by atoms with van der Waals surface area (Å²) in [6.07, 6.45) is 2.88. The second kappa shape index (κ2) is 10.7. The minimum Gasteiger partial charge on any atom is -0.486 e. The zero-order chi connectivity index (χ0) is 30.3. The first-order chi connectivity index (χ1) is 21.2. The van der Waals surface area contributed by atoms with E-state index in [9.17, 15) is 8.78 Å². The molecule has 8 rings (SSSR count). The van der Waals surface area contributed by atoms with Gasteiger partial charge in [-0.25, -0.2) is 13.2 Å². The zero-order valence-electron chi connectivity index (χ0n) is 24.1. The number of hydrogen-bond donors (Lipinski definition) is 2. The van der Waals surface area contributed by atoms with E-state index in [0.717, 1.165) is 50.1 Å². The van der Waals surface area contributed by atoms with E-state index in [1.165, 1.54) is 6.07 Å². The Balaban J connectivity index is 1.33. The van der Waals surface area contributed by atoms with Gasteiger partial charge in [0.2, 0.25) is 0 Å². The van der Waals surface area contributed by atoms with Crippen molar-refractivity contribution in [1.29, 1.82) is 0 Å². The second-order valence-electron chi connectivity index (χ2n) is 12.4. The Morgan fingerprint density at radius 2 is 2.14 bits per heavy atom. The molecule has 0 bridgehead atoms. The SMILES string of the molecule is CN1c2nc(OC[C@@]34CCCN3C[C@H](F)C4)nc3c(F)c(-c4ccc(F)c5sc(N)cc45)c(I)c(c23)OC2CCCNCC21. The van der Waals surface area contributed by atoms with Gasteiger partial charge >= 0.3 is 6.01 Å². The lowest BCUT2D eigenvalue weighted by Crippen LogP contribution is -2.48. The van der Waals surface area contributed by atoms with Crippen LogP contribution in [0.3, 0.4) is 0 Å². The number of alkyl halides is 1. The molecule has 3 N–H and O–H groups in total. The van der Waals surface area contributed by atoms with E-state index in [2.05, 4.69) is 42.7 Å². The van der Waals surface area contributed by atoms with Crippen LogP contribution in [0.25, 0.3) is 32.1 Å². The Bertz CT molecular complexity index is 1810. The molecule has 6 heterocycles. The van der Waals surface area contributed by atoms with Crippen molar-refractivity contribution in [2.24, 2.45) is 0 Å². The van der Waals surface area contributed by atoms with Gasteiger partial charge in [0.1, 0.15) is 41.8 Å². The number of benzene rings is 2. The van der Waals surface area contributed by atoms with E-state index >= 15 is 4.39 Å². The van der Waals surface area contributed by atoms with Gasteiger partial charge in [-0.3, -0.25) is 4.90 Å². The van der Waals surface area contributed by atoms with Crippen molar-refractivity contribution < 1.29 is 22.6 Å². The van der Waals surface area contributed by atoms with Crippen LogP contribution in [0.2, 0.25) is 0 Å². The second-order valence-corrected chi connectivity index (χ2v) is 14.6. The van der Waals surface area contributed by atoms with Crippen LogP contribution in [-0.2, 0) is 0 Å². The number of nitrogens with two attached hydrogens (primary N) is 1. The molecule has 0 amide bonds. The number of likely N-dealkylation sites (N-methyl/N-ethyl adjacent to an activating group) is 1. The van der Waals surface area contributed by atoms with Crippen molar-refractivity contribution in [2.45, 2.75) is 56.0 Å². The predicted molar refractivity (Wildman–Crippen MR) is 175 cm³/mol. The zero-order valence-corrected chi connectivity index (χ0v) is 27.1. The number of nitrogen functional groups attached to an aromatic ring is 1. The molecule has 4 aliphatic heterocycles. The lowest BCUT2D eigenvalue weighted by molar-refractivity contribution is 0.107. The van der Waals surface area contributed by atoms with E-state index in [4.69, 9.17) is 20.2 Å². The molecule has 2 aromatic heterocycles. The third-order valence-electron chi connectivity index (χ3n) is 9.82. The summed E-state index contributed by atoms with van der Waals surface area (Å²) in [4.78, 5) is 13.8. The number of ether oxygens (including phenoxy) is 2. The predicted octanol–water partition coefficient (Wildman–Crippen LogP) is 5.88. The summed E-state index contributed by atoms with van der Waals surface area (Å²) in [5.41, 5.74) is 6.54. The van der Waals surface area contributed by atoms with Crippen LogP contribution in [0, 0.1) is 15.2 Å². The quantitative estimate of drug-likeness (QED) is 0.252. The fourth-order valence-corrected chi connectivity index (χ4v) is 9.49. The molecule has 2 unspecified atom stereocenters. The molecule has 232 valence electrons. The molecule has 4 atom stereocenters. The first-order valence-electron chi connectivity index (χ1n) is 15.1. The molecule has 0 spiro atoms. The summed E-state index contributed by atoms with van der Waals surface area (Å²) in [5.74, 6) is 0.0627. The van der Waals surface area contributed by atoms with Gasteiger partial charge < -0.3 is 25.4 Å². The summed E-state index contributed by atoms with van der Waals surface area (Å²) in [7, 11) is 1.95. The molecule has 4 aromatic rings. The standard InChI is InChI=1S/C31H32F3IN6O2S/c1-40-19-12-37-8-2-4-20(19)43-27-23-26(24(34)22(25(27)35)16-5-6-18(33)28-17(16)10-21(36)44-28)38-30(39-29(23)40)42-14-31-7-3-9-41(31)13-15(32)11-31/h5-6,10,15,19-20,37H,2-4,7-9,11-14,36H2,1H3/t15-,19?,20?,31+/m1/s1. The fraction of sp³-hybridized carbons (Fsp3) is 0.484. The topological polar surface area (TPSA) is 88.8 Å². The molecule has 13 heteroatoms. The van der Waals surface area contributed by atoms with Gasteiger partial charge in [0.05, 0.1) is 30.2 Å². The normalized spacial score (nSPS) is 26.8. The van der Waals surface area contributed by atoms with Gasteiger partial charge in [0.15, 0.2) is 5.82 Å². The maximum atomic E-state index is 17.0. The van der Waals surface area contributed by atoms with Crippen LogP contribution in [0.1, 0.15) is 32.1 Å². The molecule has 8 nitrogen and oxygen atoms in total. The minimum atomic E-state index is -0.896. The van der Waals surface area contributed by atoms with Crippen molar-refractivity contribution in [3.05, 3.63) is 33.4 Å². The average Bonchev–Trinajstić information content (AvgIpc) is 3.58. The summed E-state index contributed by atoms with van der Waals surface area (Å²) in [6, 6.07) is 4.59. The van der Waals surface area contributed by atoms with Crippen LogP contribution < -0.4 is 25.4 Å². The van der Waals surface area contributed by atoms with Gasteiger partial charge in [-0.05, 0) is 79.1 Å². The van der Waals surface area contributed by atoms with Crippen molar-refractivity contribution >= 4 is 65.7 Å². The fourth-order valence-electron chi connectivity index (χ4n) is 7.71. The average molecular weight is 737 g/mol. The largest absolute Gasteiger partial charge is 0.486 e. The van der Waals surface area contributed by atoms with Gasteiger partial charge in [-0.15, -0.1) is 11.3 Å². The highest BCUT2D eigenvalue weighted by Gasteiger charge is 2.49. The number of halogens is 4. The Morgan fingerprint density at radius 1 is 1.27 bits per heavy atom. The van der Waals surface area contributed by atoms with E-state index in [1.807, 2.05) is 7.05 Å². The summed E-state index contributed by atoms with van der Waals surface area (Å²) < 4.78 is 60.3.